The average Bonchev–Trinajstić information content (AvgIpc) is 3.60. The maximum absolute atomic E-state index is 12.6. The predicted molar refractivity (Wildman–Crippen MR) is 102 cm³/mol. The molecule has 1 aromatic heterocycles. The van der Waals surface area contributed by atoms with Crippen LogP contribution in [-0.4, -0.2) is 23.3 Å². The molecule has 0 unspecified atom stereocenters. The van der Waals surface area contributed by atoms with E-state index in [0.29, 0.717) is 35.5 Å². The summed E-state index contributed by atoms with van der Waals surface area (Å²) in [6.45, 7) is 2.76. The van der Waals surface area contributed by atoms with Crippen LogP contribution in [0, 0.1) is 0 Å². The van der Waals surface area contributed by atoms with Gasteiger partial charge in [0.1, 0.15) is 6.26 Å². The Morgan fingerprint density at radius 3 is 2.63 bits per heavy atom. The molecular weight excluding hydrogens is 342 g/mol. The van der Waals surface area contributed by atoms with Crippen LogP contribution >= 0.6 is 0 Å². The van der Waals surface area contributed by atoms with E-state index in [9.17, 15) is 9.59 Å². The number of unbranched alkanes of at least 4 members (excludes halogenated alkanes) is 1. The van der Waals surface area contributed by atoms with Gasteiger partial charge in [0.2, 0.25) is 0 Å². The van der Waals surface area contributed by atoms with Crippen molar-refractivity contribution < 1.29 is 14.0 Å². The highest BCUT2D eigenvalue weighted by atomic mass is 16.3. The molecule has 0 bridgehead atoms. The first kappa shape index (κ1) is 17.8. The third kappa shape index (κ3) is 4.21. The van der Waals surface area contributed by atoms with Crippen molar-refractivity contribution in [2.75, 3.05) is 11.9 Å². The summed E-state index contributed by atoms with van der Waals surface area (Å²) in [6.07, 6.45) is 7.76. The molecule has 2 saturated carbocycles. The average molecular weight is 367 g/mol. The Morgan fingerprint density at radius 2 is 1.93 bits per heavy atom. The molecule has 2 fully saturated rings. The second-order valence-electron chi connectivity index (χ2n) is 7.49. The minimum Gasteiger partial charge on any atom is -0.448 e. The van der Waals surface area contributed by atoms with Crippen LogP contribution in [0.4, 0.5) is 5.69 Å². The van der Waals surface area contributed by atoms with Gasteiger partial charge in [-0.15, -0.1) is 0 Å². The van der Waals surface area contributed by atoms with Crippen molar-refractivity contribution in [3.63, 3.8) is 0 Å². The molecule has 0 radical (unpaired) electrons. The van der Waals surface area contributed by atoms with Gasteiger partial charge in [0, 0.05) is 23.7 Å². The zero-order valence-corrected chi connectivity index (χ0v) is 15.6. The third-order valence-electron chi connectivity index (χ3n) is 5.07. The monoisotopic (exact) mass is 367 g/mol. The molecule has 2 aromatic rings. The van der Waals surface area contributed by atoms with E-state index >= 15 is 0 Å². The summed E-state index contributed by atoms with van der Waals surface area (Å²) >= 11 is 0. The van der Waals surface area contributed by atoms with Gasteiger partial charge >= 0.3 is 0 Å². The first-order valence-corrected chi connectivity index (χ1v) is 9.84. The topological polar surface area (TPSA) is 84.2 Å². The van der Waals surface area contributed by atoms with Crippen molar-refractivity contribution in [2.45, 2.75) is 57.3 Å². The number of aromatic nitrogens is 1. The molecular formula is C21H25N3O3. The molecule has 2 amide bonds. The standard InChI is InChI=1S/C21H25N3O3/c1-2-3-10-22-19(25)17-11-15(8-9-16(17)13-4-5-13)23-20(26)18-12-27-21(24-18)14-6-7-14/h8-9,11-14H,2-7,10H2,1H3,(H,22,25)(H,23,26). The van der Waals surface area contributed by atoms with Crippen molar-refractivity contribution in [1.29, 1.82) is 0 Å². The highest BCUT2D eigenvalue weighted by Gasteiger charge is 2.30. The SMILES string of the molecule is CCCCNC(=O)c1cc(NC(=O)c2coc(C3CC3)n2)ccc1C1CC1. The van der Waals surface area contributed by atoms with Gasteiger partial charge in [0.05, 0.1) is 0 Å². The number of nitrogens with one attached hydrogen (secondary N) is 2. The third-order valence-corrected chi connectivity index (χ3v) is 5.07. The maximum Gasteiger partial charge on any atom is 0.277 e. The quantitative estimate of drug-likeness (QED) is 0.685. The summed E-state index contributed by atoms with van der Waals surface area (Å²) in [5.41, 5.74) is 2.60. The lowest BCUT2D eigenvalue weighted by Crippen LogP contribution is -2.25. The number of anilines is 1. The van der Waals surface area contributed by atoms with Crippen molar-refractivity contribution in [3.8, 4) is 0 Å². The second-order valence-corrected chi connectivity index (χ2v) is 7.49. The molecule has 27 heavy (non-hydrogen) atoms. The van der Waals surface area contributed by atoms with Gasteiger partial charge in [-0.3, -0.25) is 9.59 Å². The first-order chi connectivity index (χ1) is 13.2. The number of carbonyl (C=O) groups is 2. The minimum atomic E-state index is -0.317. The van der Waals surface area contributed by atoms with E-state index in [4.69, 9.17) is 4.42 Å². The molecule has 4 rings (SSSR count). The number of carbonyl (C=O) groups excluding carboxylic acids is 2. The van der Waals surface area contributed by atoms with E-state index in [0.717, 1.165) is 44.1 Å². The van der Waals surface area contributed by atoms with E-state index < -0.39 is 0 Å². The minimum absolute atomic E-state index is 0.0705. The van der Waals surface area contributed by atoms with Gasteiger partial charge in [-0.1, -0.05) is 19.4 Å². The van der Waals surface area contributed by atoms with E-state index in [-0.39, 0.29) is 17.5 Å². The normalized spacial score (nSPS) is 16.2. The van der Waals surface area contributed by atoms with Gasteiger partial charge in [-0.2, -0.15) is 0 Å². The molecule has 0 saturated heterocycles. The lowest BCUT2D eigenvalue weighted by molar-refractivity contribution is 0.0950. The van der Waals surface area contributed by atoms with Crippen LogP contribution in [0.1, 0.15) is 89.6 Å². The summed E-state index contributed by atoms with van der Waals surface area (Å²) in [4.78, 5) is 29.3. The van der Waals surface area contributed by atoms with Crippen LogP contribution in [0.25, 0.3) is 0 Å². The summed E-state index contributed by atoms with van der Waals surface area (Å²) in [7, 11) is 0. The fourth-order valence-electron chi connectivity index (χ4n) is 3.16. The summed E-state index contributed by atoms with van der Waals surface area (Å²) < 4.78 is 5.39. The number of benzene rings is 1. The number of nitrogens with zero attached hydrogens (tertiary/aromatic N) is 1. The van der Waals surface area contributed by atoms with Gasteiger partial charge in [-0.05, 0) is 55.7 Å². The fourth-order valence-corrected chi connectivity index (χ4v) is 3.16. The lowest BCUT2D eigenvalue weighted by atomic mass is 10.0. The molecule has 1 heterocycles. The number of oxazole rings is 1. The van der Waals surface area contributed by atoms with Crippen LogP contribution in [0.3, 0.4) is 0 Å². The molecule has 0 atom stereocenters. The number of hydrogen-bond donors (Lipinski definition) is 2. The van der Waals surface area contributed by atoms with Crippen molar-refractivity contribution >= 4 is 17.5 Å². The number of rotatable bonds is 8. The predicted octanol–water partition coefficient (Wildman–Crippen LogP) is 4.21. The smallest absolute Gasteiger partial charge is 0.277 e. The highest BCUT2D eigenvalue weighted by molar-refractivity contribution is 6.04. The molecule has 0 aliphatic heterocycles. The van der Waals surface area contributed by atoms with Crippen molar-refractivity contribution in [2.24, 2.45) is 0 Å². The van der Waals surface area contributed by atoms with Gasteiger partial charge in [0.15, 0.2) is 11.6 Å². The molecule has 6 nitrogen and oxygen atoms in total. The van der Waals surface area contributed by atoms with Crippen molar-refractivity contribution in [1.82, 2.24) is 10.3 Å². The molecule has 142 valence electrons. The zero-order chi connectivity index (χ0) is 18.8. The Balaban J connectivity index is 1.49. The Labute approximate surface area is 158 Å². The second kappa shape index (κ2) is 7.55. The highest BCUT2D eigenvalue weighted by Crippen LogP contribution is 2.42. The maximum atomic E-state index is 12.6. The molecule has 0 spiro atoms. The van der Waals surface area contributed by atoms with Crippen LogP contribution < -0.4 is 10.6 Å². The zero-order valence-electron chi connectivity index (χ0n) is 15.6. The van der Waals surface area contributed by atoms with Crippen LogP contribution in [0.2, 0.25) is 0 Å². The van der Waals surface area contributed by atoms with Gasteiger partial charge in [0.25, 0.3) is 11.8 Å². The van der Waals surface area contributed by atoms with E-state index in [1.165, 1.54) is 6.26 Å². The molecule has 6 heteroatoms. The molecule has 1 aromatic carbocycles. The van der Waals surface area contributed by atoms with E-state index in [1.807, 2.05) is 12.1 Å². The molecule has 2 aliphatic rings. The molecule has 2 N–H and O–H groups in total. The Morgan fingerprint density at radius 1 is 1.15 bits per heavy atom. The van der Waals surface area contributed by atoms with Gasteiger partial charge < -0.3 is 15.1 Å². The summed E-state index contributed by atoms with van der Waals surface area (Å²) in [5, 5.41) is 5.82. The summed E-state index contributed by atoms with van der Waals surface area (Å²) in [6, 6.07) is 5.59. The van der Waals surface area contributed by atoms with Crippen LogP contribution in [-0.2, 0) is 0 Å². The number of hydrogen-bond acceptors (Lipinski definition) is 4. The summed E-state index contributed by atoms with van der Waals surface area (Å²) in [5.74, 6) is 1.07. The largest absolute Gasteiger partial charge is 0.448 e. The van der Waals surface area contributed by atoms with E-state index in [1.54, 1.807) is 6.07 Å². The van der Waals surface area contributed by atoms with E-state index in [2.05, 4.69) is 22.5 Å². The first-order valence-electron chi connectivity index (χ1n) is 9.84. The molecule has 2 aliphatic carbocycles. The number of amides is 2. The fraction of sp³-hybridized carbons (Fsp3) is 0.476. The van der Waals surface area contributed by atoms with Crippen LogP contribution in [0.15, 0.2) is 28.9 Å². The Kier molecular flexibility index (Phi) is 4.97. The lowest BCUT2D eigenvalue weighted by Gasteiger charge is -2.12. The van der Waals surface area contributed by atoms with Crippen molar-refractivity contribution in [3.05, 3.63) is 47.2 Å². The Bertz CT molecular complexity index is 850. The van der Waals surface area contributed by atoms with Crippen LogP contribution in [0.5, 0.6) is 0 Å². The van der Waals surface area contributed by atoms with Gasteiger partial charge in [-0.25, -0.2) is 4.98 Å². The Hall–Kier alpha value is -2.63.